The number of alkyl halides is 3. The minimum Gasteiger partial charge on any atom is -0.466 e. The Morgan fingerprint density at radius 3 is 2.78 bits per heavy atom. The van der Waals surface area contributed by atoms with Gasteiger partial charge in [-0.1, -0.05) is 0 Å². The summed E-state index contributed by atoms with van der Waals surface area (Å²) in [6, 6.07) is 1.52. The molecule has 0 radical (unpaired) electrons. The van der Waals surface area contributed by atoms with Crippen molar-refractivity contribution < 1.29 is 18.3 Å². The molecule has 1 aromatic heterocycles. The molecule has 0 saturated carbocycles. The molecule has 0 atom stereocenters. The summed E-state index contributed by atoms with van der Waals surface area (Å²) in [5.41, 5.74) is 0.150. The fourth-order valence-corrected chi connectivity index (χ4v) is 2.18. The van der Waals surface area contributed by atoms with E-state index in [0.717, 1.165) is 0 Å². The zero-order valence-corrected chi connectivity index (χ0v) is 11.9. The molecule has 0 bridgehead atoms. The van der Waals surface area contributed by atoms with E-state index in [1.807, 2.05) is 0 Å². The maximum absolute atomic E-state index is 12.9. The molecule has 0 fully saturated rings. The van der Waals surface area contributed by atoms with Gasteiger partial charge in [0.05, 0.1) is 13.0 Å². The second-order valence-electron chi connectivity index (χ2n) is 3.38. The molecule has 0 spiro atoms. The van der Waals surface area contributed by atoms with Crippen LogP contribution in [0.25, 0.3) is 0 Å². The van der Waals surface area contributed by atoms with Gasteiger partial charge in [0.25, 0.3) is 6.43 Å². The monoisotopic (exact) mass is 341 g/mol. The number of carbonyl (C=O) groups excluding carboxylic acids is 1. The predicted molar refractivity (Wildman–Crippen MR) is 66.8 cm³/mol. The summed E-state index contributed by atoms with van der Waals surface area (Å²) in [6.45, 7) is 1.84. The average molecular weight is 343 g/mol. The van der Waals surface area contributed by atoms with E-state index in [-0.39, 0.29) is 29.1 Å². The number of halogens is 4. The van der Waals surface area contributed by atoms with Gasteiger partial charge in [0.1, 0.15) is 10.3 Å². The minimum atomic E-state index is -2.77. The van der Waals surface area contributed by atoms with E-state index in [0.29, 0.717) is 5.56 Å². The molecule has 1 aromatic rings. The van der Waals surface area contributed by atoms with Crippen molar-refractivity contribution in [3.8, 4) is 0 Å². The summed E-state index contributed by atoms with van der Waals surface area (Å²) in [4.78, 5) is 15.1. The van der Waals surface area contributed by atoms with Crippen LogP contribution < -0.4 is 0 Å². The van der Waals surface area contributed by atoms with Crippen LogP contribution in [-0.2, 0) is 21.8 Å². The van der Waals surface area contributed by atoms with Gasteiger partial charge >= 0.3 is 5.97 Å². The molecule has 0 unspecified atom stereocenters. The third-order valence-corrected chi connectivity index (χ3v) is 2.89. The number of nitrogens with zero attached hydrogens (tertiary/aromatic N) is 1. The van der Waals surface area contributed by atoms with Crippen molar-refractivity contribution in [3.63, 3.8) is 0 Å². The Kier molecular flexibility index (Phi) is 5.95. The number of hydrogen-bond acceptors (Lipinski definition) is 3. The van der Waals surface area contributed by atoms with E-state index in [1.54, 1.807) is 6.92 Å². The maximum Gasteiger partial charge on any atom is 0.310 e. The van der Waals surface area contributed by atoms with Gasteiger partial charge in [-0.15, -0.1) is 11.6 Å². The Hall–Kier alpha value is -0.750. The van der Waals surface area contributed by atoms with Crippen LogP contribution in [0.1, 0.15) is 30.2 Å². The van der Waals surface area contributed by atoms with Crippen molar-refractivity contribution in [2.45, 2.75) is 25.7 Å². The zero-order valence-electron chi connectivity index (χ0n) is 9.55. The zero-order chi connectivity index (χ0) is 13.7. The molecule has 0 amide bonds. The first-order chi connectivity index (χ1) is 8.49. The molecule has 0 aliphatic rings. The molecular weight excluding hydrogens is 331 g/mol. The van der Waals surface area contributed by atoms with Gasteiger partial charge in [-0.2, -0.15) is 0 Å². The van der Waals surface area contributed by atoms with Crippen molar-refractivity contribution in [3.05, 3.63) is 27.5 Å². The fourth-order valence-electron chi connectivity index (χ4n) is 1.47. The summed E-state index contributed by atoms with van der Waals surface area (Å²) in [5.74, 6) is -0.551. The number of pyridine rings is 1. The summed E-state index contributed by atoms with van der Waals surface area (Å²) < 4.78 is 30.8. The Balaban J connectivity index is 3.16. The molecule has 7 heteroatoms. The molecule has 0 saturated heterocycles. The normalized spacial score (nSPS) is 10.8. The molecule has 1 heterocycles. The lowest BCUT2D eigenvalue weighted by molar-refractivity contribution is -0.142. The molecule has 18 heavy (non-hydrogen) atoms. The van der Waals surface area contributed by atoms with E-state index in [9.17, 15) is 13.6 Å². The van der Waals surface area contributed by atoms with E-state index in [4.69, 9.17) is 16.3 Å². The number of hydrogen-bond donors (Lipinski definition) is 0. The van der Waals surface area contributed by atoms with Gasteiger partial charge in [0.15, 0.2) is 0 Å². The highest BCUT2D eigenvalue weighted by molar-refractivity contribution is 9.10. The topological polar surface area (TPSA) is 39.2 Å². The standard InChI is InChI=1S/C11H11BrClF2NO2/c1-2-18-9(17)4-7-6(5-13)3-8(12)16-10(7)11(14)15/h3,11H,2,4-5H2,1H3. The van der Waals surface area contributed by atoms with Crippen LogP contribution in [-0.4, -0.2) is 17.6 Å². The lowest BCUT2D eigenvalue weighted by Crippen LogP contribution is -2.13. The molecule has 0 aliphatic carbocycles. The first-order valence-corrected chi connectivity index (χ1v) is 6.50. The van der Waals surface area contributed by atoms with Crippen molar-refractivity contribution >= 4 is 33.5 Å². The summed E-state index contributed by atoms with van der Waals surface area (Å²) in [6.07, 6.45) is -3.02. The average Bonchev–Trinajstić information content (AvgIpc) is 2.30. The first kappa shape index (κ1) is 15.3. The Morgan fingerprint density at radius 1 is 1.61 bits per heavy atom. The molecule has 0 aliphatic heterocycles. The summed E-state index contributed by atoms with van der Waals surface area (Å²) >= 11 is 8.73. The highest BCUT2D eigenvalue weighted by Crippen LogP contribution is 2.28. The number of aromatic nitrogens is 1. The lowest BCUT2D eigenvalue weighted by Gasteiger charge is -2.12. The van der Waals surface area contributed by atoms with Crippen LogP contribution in [0.4, 0.5) is 8.78 Å². The third-order valence-electron chi connectivity index (χ3n) is 2.19. The number of ether oxygens (including phenoxy) is 1. The molecule has 1 rings (SSSR count). The largest absolute Gasteiger partial charge is 0.466 e. The molecule has 3 nitrogen and oxygen atoms in total. The summed E-state index contributed by atoms with van der Waals surface area (Å²) in [7, 11) is 0. The Bertz CT molecular complexity index is 443. The third kappa shape index (κ3) is 3.88. The van der Waals surface area contributed by atoms with Crippen LogP contribution in [0.3, 0.4) is 0 Å². The van der Waals surface area contributed by atoms with Gasteiger partial charge in [-0.25, -0.2) is 13.8 Å². The minimum absolute atomic E-state index is 0.0234. The SMILES string of the molecule is CCOC(=O)Cc1c(CCl)cc(Br)nc1C(F)F. The van der Waals surface area contributed by atoms with Gasteiger partial charge in [-0.3, -0.25) is 4.79 Å². The number of esters is 1. The second kappa shape index (κ2) is 6.99. The fraction of sp³-hybridized carbons (Fsp3) is 0.455. The highest BCUT2D eigenvalue weighted by Gasteiger charge is 2.21. The van der Waals surface area contributed by atoms with Crippen molar-refractivity contribution in [1.82, 2.24) is 4.98 Å². The van der Waals surface area contributed by atoms with E-state index < -0.39 is 18.1 Å². The quantitative estimate of drug-likeness (QED) is 0.466. The van der Waals surface area contributed by atoms with Crippen molar-refractivity contribution in [2.24, 2.45) is 0 Å². The van der Waals surface area contributed by atoms with Crippen LogP contribution in [0.15, 0.2) is 10.7 Å². The Morgan fingerprint density at radius 2 is 2.28 bits per heavy atom. The number of rotatable bonds is 5. The highest BCUT2D eigenvalue weighted by atomic mass is 79.9. The maximum atomic E-state index is 12.9. The van der Waals surface area contributed by atoms with Crippen molar-refractivity contribution in [2.75, 3.05) is 6.61 Å². The van der Waals surface area contributed by atoms with E-state index in [2.05, 4.69) is 20.9 Å². The smallest absolute Gasteiger partial charge is 0.310 e. The van der Waals surface area contributed by atoms with Crippen LogP contribution in [0.2, 0.25) is 0 Å². The van der Waals surface area contributed by atoms with E-state index in [1.165, 1.54) is 6.07 Å². The first-order valence-electron chi connectivity index (χ1n) is 5.17. The van der Waals surface area contributed by atoms with Gasteiger partial charge in [0.2, 0.25) is 0 Å². The predicted octanol–water partition coefficient (Wildman–Crippen LogP) is 3.63. The van der Waals surface area contributed by atoms with Crippen LogP contribution in [0, 0.1) is 0 Å². The lowest BCUT2D eigenvalue weighted by atomic mass is 10.0. The number of carbonyl (C=O) groups is 1. The second-order valence-corrected chi connectivity index (χ2v) is 4.46. The van der Waals surface area contributed by atoms with Crippen LogP contribution >= 0.6 is 27.5 Å². The van der Waals surface area contributed by atoms with Gasteiger partial charge < -0.3 is 4.74 Å². The Labute approximate surface area is 117 Å². The molecule has 100 valence electrons. The van der Waals surface area contributed by atoms with Crippen LogP contribution in [0.5, 0.6) is 0 Å². The molecule has 0 N–H and O–H groups in total. The van der Waals surface area contributed by atoms with Gasteiger partial charge in [0, 0.05) is 5.88 Å². The van der Waals surface area contributed by atoms with E-state index >= 15 is 0 Å². The molecular formula is C11H11BrClF2NO2. The van der Waals surface area contributed by atoms with Gasteiger partial charge in [-0.05, 0) is 40.0 Å². The van der Waals surface area contributed by atoms with Crippen molar-refractivity contribution in [1.29, 1.82) is 0 Å². The molecule has 0 aromatic carbocycles. The summed E-state index contributed by atoms with van der Waals surface area (Å²) in [5, 5.41) is 0.